The van der Waals surface area contributed by atoms with Gasteiger partial charge in [-0.2, -0.15) is 4.31 Å². The van der Waals surface area contributed by atoms with Gasteiger partial charge in [-0.1, -0.05) is 23.4 Å². The van der Waals surface area contributed by atoms with E-state index in [2.05, 4.69) is 5.16 Å². The average molecular weight is 489 g/mol. The standard InChI is InChI=1S/C24H28N2O7S/c1-29-22-12-17(13-23(30-2)24(22)31-3)21-14-18(25-33-21)15-26(16-19-8-7-11-32-19)34(27,28)20-9-5-4-6-10-20/h4-6,9-10,12-14,19H,7-8,11,15-16H2,1-3H3/t19-/m1/s1. The first-order chi connectivity index (χ1) is 16.5. The maximum Gasteiger partial charge on any atom is 0.243 e. The number of benzene rings is 2. The molecule has 34 heavy (non-hydrogen) atoms. The Morgan fingerprint density at radius 2 is 1.74 bits per heavy atom. The van der Waals surface area contributed by atoms with Crippen LogP contribution in [-0.4, -0.2) is 58.5 Å². The van der Waals surface area contributed by atoms with Crippen molar-refractivity contribution in [3.8, 4) is 28.6 Å². The predicted molar refractivity (Wildman–Crippen MR) is 125 cm³/mol. The van der Waals surface area contributed by atoms with Gasteiger partial charge in [-0.15, -0.1) is 0 Å². The third kappa shape index (κ3) is 5.03. The highest BCUT2D eigenvalue weighted by Gasteiger charge is 2.30. The molecule has 1 fully saturated rings. The Hall–Kier alpha value is -3.08. The topological polar surface area (TPSA) is 100 Å². The molecule has 0 aliphatic carbocycles. The fourth-order valence-electron chi connectivity index (χ4n) is 3.93. The van der Waals surface area contributed by atoms with Crippen LogP contribution in [0.15, 0.2) is 57.9 Å². The average Bonchev–Trinajstić information content (AvgIpc) is 3.55. The summed E-state index contributed by atoms with van der Waals surface area (Å²) in [5.74, 6) is 1.86. The summed E-state index contributed by atoms with van der Waals surface area (Å²) in [5, 5.41) is 4.13. The lowest BCUT2D eigenvalue weighted by Crippen LogP contribution is -2.37. The molecule has 1 atom stereocenters. The van der Waals surface area contributed by atoms with Crippen LogP contribution in [0.2, 0.25) is 0 Å². The number of rotatable bonds is 10. The van der Waals surface area contributed by atoms with Gasteiger partial charge in [-0.25, -0.2) is 8.42 Å². The van der Waals surface area contributed by atoms with Crippen molar-refractivity contribution in [2.75, 3.05) is 34.5 Å². The lowest BCUT2D eigenvalue weighted by atomic mass is 10.1. The normalized spacial score (nSPS) is 16.1. The number of sulfonamides is 1. The first kappa shape index (κ1) is 24.1. The van der Waals surface area contributed by atoms with Gasteiger partial charge in [0.05, 0.1) is 44.6 Å². The number of aromatic nitrogens is 1. The largest absolute Gasteiger partial charge is 0.493 e. The van der Waals surface area contributed by atoms with Crippen molar-refractivity contribution in [1.82, 2.24) is 9.46 Å². The minimum Gasteiger partial charge on any atom is -0.493 e. The molecular weight excluding hydrogens is 460 g/mol. The van der Waals surface area contributed by atoms with Crippen LogP contribution in [0.4, 0.5) is 0 Å². The molecule has 0 N–H and O–H groups in total. The summed E-state index contributed by atoms with van der Waals surface area (Å²) in [7, 11) is 0.837. The second-order valence-electron chi connectivity index (χ2n) is 7.84. The second kappa shape index (κ2) is 10.5. The van der Waals surface area contributed by atoms with Crippen LogP contribution in [-0.2, 0) is 21.3 Å². The Balaban J connectivity index is 1.63. The number of methoxy groups -OCH3 is 3. The van der Waals surface area contributed by atoms with Crippen molar-refractivity contribution in [2.24, 2.45) is 0 Å². The van der Waals surface area contributed by atoms with Gasteiger partial charge in [0, 0.05) is 24.8 Å². The minimum atomic E-state index is -3.76. The van der Waals surface area contributed by atoms with Gasteiger partial charge < -0.3 is 23.5 Å². The van der Waals surface area contributed by atoms with Crippen molar-refractivity contribution in [1.29, 1.82) is 0 Å². The van der Waals surface area contributed by atoms with Crippen LogP contribution in [0, 0.1) is 0 Å². The zero-order valence-electron chi connectivity index (χ0n) is 19.4. The van der Waals surface area contributed by atoms with Gasteiger partial charge in [0.15, 0.2) is 17.3 Å². The molecule has 0 radical (unpaired) electrons. The zero-order chi connectivity index (χ0) is 24.1. The summed E-state index contributed by atoms with van der Waals surface area (Å²) >= 11 is 0. The summed E-state index contributed by atoms with van der Waals surface area (Å²) in [6.45, 7) is 0.924. The van der Waals surface area contributed by atoms with E-state index >= 15 is 0 Å². The van der Waals surface area contributed by atoms with E-state index in [1.807, 2.05) is 0 Å². The number of hydrogen-bond donors (Lipinski definition) is 0. The van der Waals surface area contributed by atoms with E-state index < -0.39 is 10.0 Å². The highest BCUT2D eigenvalue weighted by Crippen LogP contribution is 2.41. The number of hydrogen-bond acceptors (Lipinski definition) is 8. The molecule has 0 unspecified atom stereocenters. The van der Waals surface area contributed by atoms with Gasteiger partial charge in [0.2, 0.25) is 15.8 Å². The third-order valence-corrected chi connectivity index (χ3v) is 7.48. The smallest absolute Gasteiger partial charge is 0.243 e. The van der Waals surface area contributed by atoms with E-state index in [9.17, 15) is 8.42 Å². The molecule has 2 heterocycles. The molecule has 4 rings (SSSR count). The lowest BCUT2D eigenvalue weighted by molar-refractivity contribution is 0.0922. The van der Waals surface area contributed by atoms with Crippen molar-refractivity contribution >= 4 is 10.0 Å². The Labute approximate surface area is 199 Å². The quantitative estimate of drug-likeness (QED) is 0.426. The minimum absolute atomic E-state index is 0.0466. The lowest BCUT2D eigenvalue weighted by Gasteiger charge is -2.24. The van der Waals surface area contributed by atoms with Gasteiger partial charge >= 0.3 is 0 Å². The SMILES string of the molecule is COc1cc(-c2cc(CN(C[C@H]3CCCO3)S(=O)(=O)c3ccccc3)no2)cc(OC)c1OC. The number of nitrogens with zero attached hydrogens (tertiary/aromatic N) is 2. The molecule has 3 aromatic rings. The van der Waals surface area contributed by atoms with Crippen molar-refractivity contribution < 1.29 is 31.9 Å². The Kier molecular flexibility index (Phi) is 7.40. The molecule has 0 bridgehead atoms. The molecular formula is C24H28N2O7S. The molecule has 1 saturated heterocycles. The van der Waals surface area contributed by atoms with E-state index in [1.165, 1.54) is 25.6 Å². The van der Waals surface area contributed by atoms with Crippen molar-refractivity contribution in [3.63, 3.8) is 0 Å². The highest BCUT2D eigenvalue weighted by atomic mass is 32.2. The predicted octanol–water partition coefficient (Wildman–Crippen LogP) is 3.74. The van der Waals surface area contributed by atoms with Gasteiger partial charge in [0.25, 0.3) is 0 Å². The molecule has 1 aliphatic rings. The molecule has 1 aliphatic heterocycles. The molecule has 0 amide bonds. The van der Waals surface area contributed by atoms with E-state index in [4.69, 9.17) is 23.5 Å². The van der Waals surface area contributed by atoms with E-state index in [0.717, 1.165) is 12.8 Å². The molecule has 2 aromatic carbocycles. The monoisotopic (exact) mass is 488 g/mol. The summed E-state index contributed by atoms with van der Waals surface area (Å²) in [6.07, 6.45) is 1.58. The Morgan fingerprint density at radius 3 is 2.32 bits per heavy atom. The molecule has 182 valence electrons. The van der Waals surface area contributed by atoms with E-state index in [1.54, 1.807) is 48.5 Å². The first-order valence-electron chi connectivity index (χ1n) is 10.9. The molecule has 0 saturated carbocycles. The van der Waals surface area contributed by atoms with Crippen LogP contribution in [0.1, 0.15) is 18.5 Å². The summed E-state index contributed by atoms with van der Waals surface area (Å²) in [6, 6.07) is 13.6. The van der Waals surface area contributed by atoms with Gasteiger partial charge in [-0.3, -0.25) is 0 Å². The van der Waals surface area contributed by atoms with Crippen molar-refractivity contribution in [2.45, 2.75) is 30.4 Å². The van der Waals surface area contributed by atoms with Crippen LogP contribution in [0.5, 0.6) is 17.2 Å². The third-order valence-electron chi connectivity index (χ3n) is 5.66. The molecule has 1 aromatic heterocycles. The fraction of sp³-hybridized carbons (Fsp3) is 0.375. The second-order valence-corrected chi connectivity index (χ2v) is 9.78. The zero-order valence-corrected chi connectivity index (χ0v) is 20.2. The van der Waals surface area contributed by atoms with Crippen LogP contribution >= 0.6 is 0 Å². The Morgan fingerprint density at radius 1 is 1.03 bits per heavy atom. The summed E-state index contributed by atoms with van der Waals surface area (Å²) in [4.78, 5) is 0.223. The highest BCUT2D eigenvalue weighted by molar-refractivity contribution is 7.89. The number of ether oxygens (including phenoxy) is 4. The van der Waals surface area contributed by atoms with Crippen molar-refractivity contribution in [3.05, 3.63) is 54.2 Å². The summed E-state index contributed by atoms with van der Waals surface area (Å²) in [5.41, 5.74) is 1.13. The van der Waals surface area contributed by atoms with Crippen LogP contribution in [0.25, 0.3) is 11.3 Å². The molecule has 10 heteroatoms. The van der Waals surface area contributed by atoms with E-state index in [-0.39, 0.29) is 24.1 Å². The maximum absolute atomic E-state index is 13.4. The first-order valence-corrected chi connectivity index (χ1v) is 12.3. The Bertz CT molecular complexity index is 1180. The maximum atomic E-state index is 13.4. The van der Waals surface area contributed by atoms with Crippen LogP contribution < -0.4 is 14.2 Å². The van der Waals surface area contributed by atoms with E-state index in [0.29, 0.717) is 40.9 Å². The van der Waals surface area contributed by atoms with Gasteiger partial charge in [-0.05, 0) is 37.1 Å². The molecule has 9 nitrogen and oxygen atoms in total. The molecule has 0 spiro atoms. The fourth-order valence-corrected chi connectivity index (χ4v) is 5.40. The van der Waals surface area contributed by atoms with Crippen LogP contribution in [0.3, 0.4) is 0 Å². The van der Waals surface area contributed by atoms with Gasteiger partial charge in [0.1, 0.15) is 0 Å². The summed E-state index contributed by atoms with van der Waals surface area (Å²) < 4.78 is 55.7.